The summed E-state index contributed by atoms with van der Waals surface area (Å²) in [4.78, 5) is 2.36. The molecule has 2 aliphatic rings. The molecule has 1 aromatic rings. The zero-order chi connectivity index (χ0) is 12.9. The van der Waals surface area contributed by atoms with Gasteiger partial charge in [0.15, 0.2) is 0 Å². The smallest absolute Gasteiger partial charge is 0.143 e. The molecule has 19 heavy (non-hydrogen) atoms. The van der Waals surface area contributed by atoms with E-state index in [-0.39, 0.29) is 0 Å². The van der Waals surface area contributed by atoms with E-state index < -0.39 is 0 Å². The molecule has 2 heterocycles. The minimum absolute atomic E-state index is 0.350. The molecule has 4 nitrogen and oxygen atoms in total. The van der Waals surface area contributed by atoms with E-state index in [0.717, 1.165) is 58.0 Å². The quantitative estimate of drug-likeness (QED) is 0.898. The lowest BCUT2D eigenvalue weighted by molar-refractivity contribution is 0.121. The molecule has 0 atom stereocenters. The summed E-state index contributed by atoms with van der Waals surface area (Å²) in [6, 6.07) is 8.38. The second-order valence-electron chi connectivity index (χ2n) is 5.13. The highest BCUT2D eigenvalue weighted by molar-refractivity contribution is 5.58. The van der Waals surface area contributed by atoms with Gasteiger partial charge in [-0.2, -0.15) is 0 Å². The van der Waals surface area contributed by atoms with Gasteiger partial charge in [-0.25, -0.2) is 0 Å². The van der Waals surface area contributed by atoms with Gasteiger partial charge in [0.25, 0.3) is 0 Å². The molecule has 0 aliphatic carbocycles. The van der Waals surface area contributed by atoms with Gasteiger partial charge >= 0.3 is 0 Å². The average molecular weight is 262 g/mol. The van der Waals surface area contributed by atoms with Gasteiger partial charge in [-0.3, -0.25) is 0 Å². The fourth-order valence-electron chi connectivity index (χ4n) is 2.72. The van der Waals surface area contributed by atoms with Gasteiger partial charge in [-0.15, -0.1) is 0 Å². The van der Waals surface area contributed by atoms with Crippen molar-refractivity contribution in [3.05, 3.63) is 24.3 Å². The molecule has 3 rings (SSSR count). The molecule has 0 radical (unpaired) electrons. The summed E-state index contributed by atoms with van der Waals surface area (Å²) in [5.74, 6) is 1.02. The standard InChI is InChI=1S/C15H22N2O2/c1-2-4-15(19-13-5-7-16-8-6-13)14(3-1)17-9-11-18-12-10-17/h1-4,13,16H,5-12H2. The van der Waals surface area contributed by atoms with Crippen molar-refractivity contribution >= 4 is 5.69 Å². The van der Waals surface area contributed by atoms with Crippen molar-refractivity contribution in [3.63, 3.8) is 0 Å². The van der Waals surface area contributed by atoms with Gasteiger partial charge in [0, 0.05) is 13.1 Å². The van der Waals surface area contributed by atoms with Gasteiger partial charge in [0.05, 0.1) is 18.9 Å². The highest BCUT2D eigenvalue weighted by Crippen LogP contribution is 2.30. The van der Waals surface area contributed by atoms with Crippen molar-refractivity contribution in [2.45, 2.75) is 18.9 Å². The van der Waals surface area contributed by atoms with Gasteiger partial charge in [-0.1, -0.05) is 12.1 Å². The molecular formula is C15H22N2O2. The van der Waals surface area contributed by atoms with E-state index in [1.165, 1.54) is 5.69 Å². The number of benzene rings is 1. The van der Waals surface area contributed by atoms with Crippen LogP contribution in [0.25, 0.3) is 0 Å². The van der Waals surface area contributed by atoms with Crippen molar-refractivity contribution < 1.29 is 9.47 Å². The number of nitrogens with one attached hydrogen (secondary N) is 1. The van der Waals surface area contributed by atoms with Crippen molar-refractivity contribution in [2.24, 2.45) is 0 Å². The van der Waals surface area contributed by atoms with Crippen LogP contribution in [-0.2, 0) is 4.74 Å². The summed E-state index contributed by atoms with van der Waals surface area (Å²) >= 11 is 0. The Kier molecular flexibility index (Phi) is 4.20. The third-order valence-electron chi connectivity index (χ3n) is 3.80. The van der Waals surface area contributed by atoms with E-state index in [2.05, 4.69) is 34.5 Å². The summed E-state index contributed by atoms with van der Waals surface area (Å²) in [5.41, 5.74) is 1.21. The molecule has 2 aliphatic heterocycles. The average Bonchev–Trinajstić information content (AvgIpc) is 2.50. The van der Waals surface area contributed by atoms with E-state index in [9.17, 15) is 0 Å². The monoisotopic (exact) mass is 262 g/mol. The topological polar surface area (TPSA) is 33.7 Å². The SMILES string of the molecule is c1ccc(N2CCOCC2)c(OC2CCNCC2)c1. The number of piperidine rings is 1. The van der Waals surface area contributed by atoms with Crippen LogP contribution in [0.1, 0.15) is 12.8 Å². The number of ether oxygens (including phenoxy) is 2. The first kappa shape index (κ1) is 12.8. The maximum absolute atomic E-state index is 6.22. The maximum Gasteiger partial charge on any atom is 0.143 e. The molecular weight excluding hydrogens is 240 g/mol. The Balaban J connectivity index is 1.72. The van der Waals surface area contributed by atoms with Gasteiger partial charge < -0.3 is 19.7 Å². The Hall–Kier alpha value is -1.26. The van der Waals surface area contributed by atoms with Gasteiger partial charge in [0.1, 0.15) is 11.9 Å². The van der Waals surface area contributed by atoms with Crippen LogP contribution in [0.2, 0.25) is 0 Å². The van der Waals surface area contributed by atoms with E-state index in [1.807, 2.05) is 0 Å². The molecule has 0 bridgehead atoms. The van der Waals surface area contributed by atoms with E-state index in [4.69, 9.17) is 9.47 Å². The van der Waals surface area contributed by atoms with Crippen molar-refractivity contribution in [2.75, 3.05) is 44.3 Å². The van der Waals surface area contributed by atoms with Crippen LogP contribution in [0.5, 0.6) is 5.75 Å². The number of rotatable bonds is 3. The van der Waals surface area contributed by atoms with Crippen LogP contribution in [0, 0.1) is 0 Å². The fourth-order valence-corrected chi connectivity index (χ4v) is 2.72. The minimum atomic E-state index is 0.350. The lowest BCUT2D eigenvalue weighted by Gasteiger charge is -2.32. The molecule has 0 aromatic heterocycles. The highest BCUT2D eigenvalue weighted by atomic mass is 16.5. The maximum atomic E-state index is 6.22. The molecule has 2 fully saturated rings. The third kappa shape index (κ3) is 3.19. The summed E-state index contributed by atoms with van der Waals surface area (Å²) in [7, 11) is 0. The summed E-state index contributed by atoms with van der Waals surface area (Å²) in [6.07, 6.45) is 2.54. The number of anilines is 1. The van der Waals surface area contributed by atoms with E-state index >= 15 is 0 Å². The molecule has 104 valence electrons. The Morgan fingerprint density at radius 3 is 2.63 bits per heavy atom. The molecule has 1 aromatic carbocycles. The molecule has 0 amide bonds. The Morgan fingerprint density at radius 1 is 1.11 bits per heavy atom. The molecule has 2 saturated heterocycles. The van der Waals surface area contributed by atoms with Crippen LogP contribution >= 0.6 is 0 Å². The van der Waals surface area contributed by atoms with Crippen LogP contribution < -0.4 is 15.0 Å². The molecule has 0 spiro atoms. The molecule has 1 N–H and O–H groups in total. The zero-order valence-corrected chi connectivity index (χ0v) is 11.3. The van der Waals surface area contributed by atoms with Gasteiger partial charge in [-0.05, 0) is 38.1 Å². The summed E-state index contributed by atoms with van der Waals surface area (Å²) in [5, 5.41) is 3.37. The lowest BCUT2D eigenvalue weighted by atomic mass is 10.1. The van der Waals surface area contributed by atoms with Crippen LogP contribution in [0.4, 0.5) is 5.69 Å². The van der Waals surface area contributed by atoms with Crippen LogP contribution in [-0.4, -0.2) is 45.5 Å². The Morgan fingerprint density at radius 2 is 1.84 bits per heavy atom. The van der Waals surface area contributed by atoms with Crippen molar-refractivity contribution in [1.29, 1.82) is 0 Å². The second-order valence-corrected chi connectivity index (χ2v) is 5.13. The predicted octanol–water partition coefficient (Wildman–Crippen LogP) is 1.65. The number of para-hydroxylation sites is 2. The summed E-state index contributed by atoms with van der Waals surface area (Å²) in [6.45, 7) is 5.64. The lowest BCUT2D eigenvalue weighted by Crippen LogP contribution is -2.37. The number of hydrogen-bond donors (Lipinski definition) is 1. The Bertz CT molecular complexity index is 399. The normalized spacial score (nSPS) is 21.4. The number of nitrogens with zero attached hydrogens (tertiary/aromatic N) is 1. The molecule has 4 heteroatoms. The van der Waals surface area contributed by atoms with E-state index in [0.29, 0.717) is 6.10 Å². The first-order chi connectivity index (χ1) is 9.43. The van der Waals surface area contributed by atoms with Crippen molar-refractivity contribution in [1.82, 2.24) is 5.32 Å². The first-order valence-electron chi connectivity index (χ1n) is 7.22. The van der Waals surface area contributed by atoms with Gasteiger partial charge in [0.2, 0.25) is 0 Å². The minimum Gasteiger partial charge on any atom is -0.488 e. The fraction of sp³-hybridized carbons (Fsp3) is 0.600. The van der Waals surface area contributed by atoms with Crippen molar-refractivity contribution in [3.8, 4) is 5.75 Å². The largest absolute Gasteiger partial charge is 0.488 e. The third-order valence-corrected chi connectivity index (χ3v) is 3.80. The van der Waals surface area contributed by atoms with Crippen LogP contribution in [0.3, 0.4) is 0 Å². The summed E-state index contributed by atoms with van der Waals surface area (Å²) < 4.78 is 11.6. The van der Waals surface area contributed by atoms with Crippen LogP contribution in [0.15, 0.2) is 24.3 Å². The molecule has 0 saturated carbocycles. The first-order valence-corrected chi connectivity index (χ1v) is 7.22. The highest BCUT2D eigenvalue weighted by Gasteiger charge is 2.19. The van der Waals surface area contributed by atoms with E-state index in [1.54, 1.807) is 0 Å². The number of hydrogen-bond acceptors (Lipinski definition) is 4. The second kappa shape index (κ2) is 6.26. The Labute approximate surface area is 114 Å². The number of morpholine rings is 1. The molecule has 0 unspecified atom stereocenters. The predicted molar refractivity (Wildman–Crippen MR) is 76.0 cm³/mol. The zero-order valence-electron chi connectivity index (χ0n) is 11.3.